The van der Waals surface area contributed by atoms with Crippen molar-refractivity contribution in [3.05, 3.63) is 36.4 Å². The maximum Gasteiger partial charge on any atom is 0.220 e. The van der Waals surface area contributed by atoms with E-state index in [9.17, 15) is 4.79 Å². The molecule has 0 radical (unpaired) electrons. The molecule has 0 unspecified atom stereocenters. The van der Waals surface area contributed by atoms with Crippen molar-refractivity contribution in [2.75, 3.05) is 24.5 Å². The van der Waals surface area contributed by atoms with Crippen LogP contribution < -0.4 is 10.2 Å². The van der Waals surface area contributed by atoms with Crippen LogP contribution in [0.15, 0.2) is 30.7 Å². The number of piperidine rings is 1. The fraction of sp³-hybridized carbons (Fsp3) is 0.556. The van der Waals surface area contributed by atoms with Crippen molar-refractivity contribution in [2.24, 2.45) is 13.0 Å². The lowest BCUT2D eigenvalue weighted by Gasteiger charge is -2.33. The maximum absolute atomic E-state index is 11.9. The van der Waals surface area contributed by atoms with Crippen LogP contribution in [0.25, 0.3) is 0 Å². The van der Waals surface area contributed by atoms with Crippen molar-refractivity contribution >= 4 is 11.6 Å². The predicted molar refractivity (Wildman–Crippen MR) is 96.1 cm³/mol. The monoisotopic (exact) mass is 342 g/mol. The quantitative estimate of drug-likeness (QED) is 0.826. The molecule has 25 heavy (non-hydrogen) atoms. The molecule has 1 aliphatic rings. The van der Waals surface area contributed by atoms with Crippen LogP contribution in [-0.2, 0) is 18.3 Å². The van der Waals surface area contributed by atoms with Crippen LogP contribution in [0.5, 0.6) is 0 Å². The van der Waals surface area contributed by atoms with Gasteiger partial charge in [0.2, 0.25) is 5.91 Å². The summed E-state index contributed by atoms with van der Waals surface area (Å²) in [4.78, 5) is 19.9. The number of anilines is 1. The normalized spacial score (nSPS) is 15.3. The van der Waals surface area contributed by atoms with Gasteiger partial charge in [-0.3, -0.25) is 9.78 Å². The second kappa shape index (κ2) is 8.60. The summed E-state index contributed by atoms with van der Waals surface area (Å²) in [5, 5.41) is 11.2. The number of amides is 1. The summed E-state index contributed by atoms with van der Waals surface area (Å²) in [6.07, 6.45) is 9.93. The number of aryl methyl sites for hydroxylation is 2. The van der Waals surface area contributed by atoms with Crippen LogP contribution in [0.1, 0.15) is 31.4 Å². The molecular weight excluding hydrogens is 316 g/mol. The molecule has 0 spiro atoms. The van der Waals surface area contributed by atoms with Gasteiger partial charge in [0.1, 0.15) is 0 Å². The topological polar surface area (TPSA) is 75.9 Å². The number of pyridine rings is 1. The summed E-state index contributed by atoms with van der Waals surface area (Å²) in [5.41, 5.74) is 2.12. The molecule has 0 atom stereocenters. The molecule has 2 aromatic rings. The molecule has 0 aromatic carbocycles. The van der Waals surface area contributed by atoms with E-state index in [2.05, 4.69) is 37.5 Å². The van der Waals surface area contributed by atoms with Gasteiger partial charge in [0.05, 0.1) is 11.9 Å². The summed E-state index contributed by atoms with van der Waals surface area (Å²) in [7, 11) is 1.78. The van der Waals surface area contributed by atoms with Gasteiger partial charge in [0, 0.05) is 57.6 Å². The molecule has 3 heterocycles. The van der Waals surface area contributed by atoms with E-state index in [1.807, 2.05) is 12.4 Å². The van der Waals surface area contributed by atoms with E-state index in [0.29, 0.717) is 18.8 Å². The molecule has 0 saturated carbocycles. The van der Waals surface area contributed by atoms with Gasteiger partial charge in [0.15, 0.2) is 0 Å². The highest BCUT2D eigenvalue weighted by molar-refractivity contribution is 5.76. The number of carbonyl (C=O) groups excluding carboxylic acids is 1. The Morgan fingerprint density at radius 2 is 2.04 bits per heavy atom. The average Bonchev–Trinajstić information content (AvgIpc) is 3.07. The minimum atomic E-state index is 0.0971. The van der Waals surface area contributed by atoms with Gasteiger partial charge in [-0.05, 0) is 37.3 Å². The Morgan fingerprint density at radius 1 is 1.28 bits per heavy atom. The second-order valence-corrected chi connectivity index (χ2v) is 6.60. The number of nitrogens with one attached hydrogen (secondary N) is 1. The third-order valence-electron chi connectivity index (χ3n) is 4.77. The number of hydrogen-bond donors (Lipinski definition) is 1. The third-order valence-corrected chi connectivity index (χ3v) is 4.77. The zero-order valence-corrected chi connectivity index (χ0v) is 14.8. The van der Waals surface area contributed by atoms with Crippen LogP contribution in [0.4, 0.5) is 5.69 Å². The first-order chi connectivity index (χ1) is 12.2. The first-order valence-electron chi connectivity index (χ1n) is 8.97. The van der Waals surface area contributed by atoms with Crippen LogP contribution in [0.3, 0.4) is 0 Å². The van der Waals surface area contributed by atoms with E-state index in [1.165, 1.54) is 23.3 Å². The smallest absolute Gasteiger partial charge is 0.220 e. The Bertz CT molecular complexity index is 663. The van der Waals surface area contributed by atoms with Gasteiger partial charge in [-0.2, -0.15) is 15.0 Å². The van der Waals surface area contributed by atoms with Crippen molar-refractivity contribution in [1.29, 1.82) is 0 Å². The minimum Gasteiger partial charge on any atom is -0.371 e. The Kier molecular flexibility index (Phi) is 5.98. The van der Waals surface area contributed by atoms with E-state index < -0.39 is 0 Å². The molecule has 1 fully saturated rings. The van der Waals surface area contributed by atoms with Crippen LogP contribution in [0, 0.1) is 5.92 Å². The standard InChI is InChI=1S/C18H26N6O/c1-23-21-14-16(22-23)2-3-18(25)20-11-4-15-7-12-24(13-8-15)17-5-9-19-10-6-17/h5-6,9-10,14-15H,2-4,7-8,11-13H2,1H3,(H,20,25). The summed E-state index contributed by atoms with van der Waals surface area (Å²) in [5.74, 6) is 0.790. The Morgan fingerprint density at radius 3 is 2.72 bits per heavy atom. The highest BCUT2D eigenvalue weighted by Gasteiger charge is 2.19. The molecule has 1 aliphatic heterocycles. The lowest BCUT2D eigenvalue weighted by Crippen LogP contribution is -2.35. The molecule has 134 valence electrons. The van der Waals surface area contributed by atoms with Gasteiger partial charge in [-0.1, -0.05) is 0 Å². The van der Waals surface area contributed by atoms with Gasteiger partial charge < -0.3 is 10.2 Å². The third kappa shape index (κ3) is 5.27. The number of carbonyl (C=O) groups is 1. The fourth-order valence-corrected chi connectivity index (χ4v) is 3.28. The van der Waals surface area contributed by atoms with Gasteiger partial charge in [-0.25, -0.2) is 0 Å². The van der Waals surface area contributed by atoms with Crippen LogP contribution in [-0.4, -0.2) is 45.5 Å². The SMILES string of the molecule is Cn1ncc(CCC(=O)NCCC2CCN(c3ccncc3)CC2)n1. The molecule has 7 heteroatoms. The summed E-state index contributed by atoms with van der Waals surface area (Å²) >= 11 is 0. The van der Waals surface area contributed by atoms with Gasteiger partial charge in [-0.15, -0.1) is 0 Å². The largest absolute Gasteiger partial charge is 0.371 e. The molecule has 0 bridgehead atoms. The number of nitrogens with zero attached hydrogens (tertiary/aromatic N) is 5. The summed E-state index contributed by atoms with van der Waals surface area (Å²) in [6.45, 7) is 2.92. The van der Waals surface area contributed by atoms with E-state index in [4.69, 9.17) is 0 Å². The van der Waals surface area contributed by atoms with E-state index >= 15 is 0 Å². The number of aromatic nitrogens is 4. The van der Waals surface area contributed by atoms with Crippen molar-refractivity contribution in [3.63, 3.8) is 0 Å². The van der Waals surface area contributed by atoms with Crippen molar-refractivity contribution in [2.45, 2.75) is 32.1 Å². The van der Waals surface area contributed by atoms with Crippen molar-refractivity contribution < 1.29 is 4.79 Å². The Labute approximate surface area is 148 Å². The lowest BCUT2D eigenvalue weighted by atomic mass is 9.93. The highest BCUT2D eigenvalue weighted by Crippen LogP contribution is 2.24. The van der Waals surface area contributed by atoms with E-state index in [0.717, 1.165) is 31.7 Å². The molecule has 1 amide bonds. The average molecular weight is 342 g/mol. The molecule has 0 aliphatic carbocycles. The van der Waals surface area contributed by atoms with Crippen LogP contribution in [0.2, 0.25) is 0 Å². The number of rotatable bonds is 7. The molecule has 3 rings (SSSR count). The highest BCUT2D eigenvalue weighted by atomic mass is 16.1. The van der Waals surface area contributed by atoms with E-state index in [-0.39, 0.29) is 5.91 Å². The van der Waals surface area contributed by atoms with E-state index in [1.54, 1.807) is 13.2 Å². The minimum absolute atomic E-state index is 0.0971. The molecule has 1 saturated heterocycles. The molecular formula is C18H26N6O. The maximum atomic E-state index is 11.9. The Balaban J connectivity index is 1.30. The number of hydrogen-bond acceptors (Lipinski definition) is 5. The first-order valence-corrected chi connectivity index (χ1v) is 8.97. The molecule has 7 nitrogen and oxygen atoms in total. The summed E-state index contributed by atoms with van der Waals surface area (Å²) < 4.78 is 0. The van der Waals surface area contributed by atoms with Crippen molar-refractivity contribution in [1.82, 2.24) is 25.3 Å². The fourth-order valence-electron chi connectivity index (χ4n) is 3.28. The zero-order chi connectivity index (χ0) is 17.5. The van der Waals surface area contributed by atoms with Crippen molar-refractivity contribution in [3.8, 4) is 0 Å². The van der Waals surface area contributed by atoms with Gasteiger partial charge in [0.25, 0.3) is 0 Å². The first kappa shape index (κ1) is 17.4. The van der Waals surface area contributed by atoms with Gasteiger partial charge >= 0.3 is 0 Å². The Hall–Kier alpha value is -2.44. The molecule has 2 aromatic heterocycles. The summed E-state index contributed by atoms with van der Waals surface area (Å²) in [6, 6.07) is 4.13. The predicted octanol–water partition coefficient (Wildman–Crippen LogP) is 1.57. The molecule has 1 N–H and O–H groups in total. The zero-order valence-electron chi connectivity index (χ0n) is 14.8. The lowest BCUT2D eigenvalue weighted by molar-refractivity contribution is -0.121. The second-order valence-electron chi connectivity index (χ2n) is 6.60. The van der Waals surface area contributed by atoms with Crippen LogP contribution >= 0.6 is 0 Å².